The summed E-state index contributed by atoms with van der Waals surface area (Å²) in [4.78, 5) is 32.3. The molecule has 3 rings (SSSR count). The SMILES string of the molecule is COCC(=O)N1CCCC[C@H]1c1nc(C)cc(Nc2nc(C)cc(C)n2)n1. The van der Waals surface area contributed by atoms with Crippen LogP contribution < -0.4 is 5.32 Å². The second kappa shape index (κ2) is 8.39. The molecule has 0 saturated carbocycles. The van der Waals surface area contributed by atoms with Crippen LogP contribution in [0.4, 0.5) is 11.8 Å². The highest BCUT2D eigenvalue weighted by Gasteiger charge is 2.30. The lowest BCUT2D eigenvalue weighted by Gasteiger charge is -2.34. The van der Waals surface area contributed by atoms with E-state index in [0.717, 1.165) is 36.3 Å². The summed E-state index contributed by atoms with van der Waals surface area (Å²) >= 11 is 0. The molecule has 1 fully saturated rings. The number of anilines is 2. The van der Waals surface area contributed by atoms with E-state index in [9.17, 15) is 4.79 Å². The Hall–Kier alpha value is -2.61. The Morgan fingerprint density at radius 2 is 1.81 bits per heavy atom. The van der Waals surface area contributed by atoms with Crippen LogP contribution in [0.25, 0.3) is 0 Å². The van der Waals surface area contributed by atoms with Crippen molar-refractivity contribution in [1.29, 1.82) is 0 Å². The van der Waals surface area contributed by atoms with E-state index >= 15 is 0 Å². The summed E-state index contributed by atoms with van der Waals surface area (Å²) in [5.74, 6) is 1.75. The number of amides is 1. The van der Waals surface area contributed by atoms with Crippen LogP contribution in [0.5, 0.6) is 0 Å². The van der Waals surface area contributed by atoms with Gasteiger partial charge in [-0.05, 0) is 46.1 Å². The molecule has 1 N–H and O–H groups in total. The van der Waals surface area contributed by atoms with Gasteiger partial charge in [-0.15, -0.1) is 0 Å². The molecule has 8 nitrogen and oxygen atoms in total. The van der Waals surface area contributed by atoms with Crippen LogP contribution in [0.1, 0.15) is 48.2 Å². The Labute approximate surface area is 159 Å². The number of hydrogen-bond donors (Lipinski definition) is 1. The average molecular weight is 370 g/mol. The smallest absolute Gasteiger partial charge is 0.249 e. The van der Waals surface area contributed by atoms with Gasteiger partial charge in [0.15, 0.2) is 5.82 Å². The molecule has 1 aliphatic heterocycles. The van der Waals surface area contributed by atoms with Crippen LogP contribution in [-0.2, 0) is 9.53 Å². The van der Waals surface area contributed by atoms with Gasteiger partial charge in [-0.3, -0.25) is 4.79 Å². The van der Waals surface area contributed by atoms with E-state index in [1.165, 1.54) is 7.11 Å². The van der Waals surface area contributed by atoms with Gasteiger partial charge in [0.2, 0.25) is 11.9 Å². The molecule has 0 radical (unpaired) electrons. The summed E-state index contributed by atoms with van der Waals surface area (Å²) < 4.78 is 5.03. The van der Waals surface area contributed by atoms with Crippen molar-refractivity contribution in [3.05, 3.63) is 35.0 Å². The molecule has 8 heteroatoms. The molecule has 0 unspecified atom stereocenters. The molecule has 1 aliphatic rings. The molecule has 2 aromatic rings. The third-order valence-electron chi connectivity index (χ3n) is 4.48. The van der Waals surface area contributed by atoms with Gasteiger partial charge < -0.3 is 15.0 Å². The molecule has 2 aromatic heterocycles. The highest BCUT2D eigenvalue weighted by atomic mass is 16.5. The average Bonchev–Trinajstić information content (AvgIpc) is 2.60. The van der Waals surface area contributed by atoms with Crippen molar-refractivity contribution in [3.63, 3.8) is 0 Å². The quantitative estimate of drug-likeness (QED) is 0.865. The number of hydrogen-bond acceptors (Lipinski definition) is 7. The van der Waals surface area contributed by atoms with Crippen molar-refractivity contribution < 1.29 is 9.53 Å². The number of nitrogens with zero attached hydrogens (tertiary/aromatic N) is 5. The van der Waals surface area contributed by atoms with Crippen molar-refractivity contribution in [2.75, 3.05) is 25.6 Å². The number of ether oxygens (including phenoxy) is 1. The van der Waals surface area contributed by atoms with Gasteiger partial charge in [0, 0.05) is 36.8 Å². The standard InChI is InChI=1S/C19H26N6O2/c1-12-9-13(2)22-19(21-12)24-16-10-14(3)20-18(23-16)15-7-5-6-8-25(15)17(26)11-27-4/h9-10,15H,5-8,11H2,1-4H3,(H,20,21,22,23,24)/t15-/m0/s1. The van der Waals surface area contributed by atoms with E-state index in [2.05, 4.69) is 25.3 Å². The second-order valence-electron chi connectivity index (χ2n) is 6.88. The maximum atomic E-state index is 12.4. The predicted octanol–water partition coefficient (Wildman–Crippen LogP) is 2.64. The van der Waals surface area contributed by atoms with Crippen LogP contribution in [0.15, 0.2) is 12.1 Å². The number of aromatic nitrogens is 4. The normalized spacial score (nSPS) is 17.0. The van der Waals surface area contributed by atoms with Crippen molar-refractivity contribution in [2.45, 2.75) is 46.1 Å². The first-order valence-electron chi connectivity index (χ1n) is 9.19. The topological polar surface area (TPSA) is 93.1 Å². The number of carbonyl (C=O) groups excluding carboxylic acids is 1. The lowest BCUT2D eigenvalue weighted by Crippen LogP contribution is -2.41. The number of nitrogens with one attached hydrogen (secondary N) is 1. The molecule has 1 atom stereocenters. The fourth-order valence-electron chi connectivity index (χ4n) is 3.41. The molecule has 27 heavy (non-hydrogen) atoms. The monoisotopic (exact) mass is 370 g/mol. The van der Waals surface area contributed by atoms with Crippen molar-refractivity contribution in [3.8, 4) is 0 Å². The Balaban J connectivity index is 1.88. The molecule has 144 valence electrons. The zero-order chi connectivity index (χ0) is 19.4. The molecule has 1 saturated heterocycles. The van der Waals surface area contributed by atoms with E-state index in [0.29, 0.717) is 24.1 Å². The van der Waals surface area contributed by atoms with Gasteiger partial charge in [-0.2, -0.15) is 0 Å². The van der Waals surface area contributed by atoms with Crippen LogP contribution in [0.3, 0.4) is 0 Å². The zero-order valence-electron chi connectivity index (χ0n) is 16.3. The third kappa shape index (κ3) is 4.77. The van der Waals surface area contributed by atoms with Crippen molar-refractivity contribution in [1.82, 2.24) is 24.8 Å². The van der Waals surface area contributed by atoms with Crippen LogP contribution in [-0.4, -0.2) is 51.0 Å². The molecular weight excluding hydrogens is 344 g/mol. The molecule has 0 bridgehead atoms. The second-order valence-corrected chi connectivity index (χ2v) is 6.88. The van der Waals surface area contributed by atoms with Crippen molar-refractivity contribution >= 4 is 17.7 Å². The van der Waals surface area contributed by atoms with E-state index in [1.807, 2.05) is 37.8 Å². The lowest BCUT2D eigenvalue weighted by atomic mass is 10.0. The van der Waals surface area contributed by atoms with Gasteiger partial charge in [-0.1, -0.05) is 0 Å². The van der Waals surface area contributed by atoms with Gasteiger partial charge in [0.05, 0.1) is 6.04 Å². The van der Waals surface area contributed by atoms with Gasteiger partial charge >= 0.3 is 0 Å². The number of likely N-dealkylation sites (tertiary alicyclic amines) is 1. The summed E-state index contributed by atoms with van der Waals surface area (Å²) in [5.41, 5.74) is 2.61. The Bertz CT molecular complexity index is 806. The molecule has 0 aliphatic carbocycles. The number of rotatable bonds is 5. The Kier molecular flexibility index (Phi) is 5.95. The predicted molar refractivity (Wildman–Crippen MR) is 102 cm³/mol. The van der Waals surface area contributed by atoms with Crippen LogP contribution in [0, 0.1) is 20.8 Å². The molecule has 0 spiro atoms. The zero-order valence-corrected chi connectivity index (χ0v) is 16.3. The van der Waals surface area contributed by atoms with Crippen LogP contribution in [0.2, 0.25) is 0 Å². The summed E-state index contributed by atoms with van der Waals surface area (Å²) in [5, 5.41) is 3.17. The fourth-order valence-corrected chi connectivity index (χ4v) is 3.41. The summed E-state index contributed by atoms with van der Waals surface area (Å²) in [7, 11) is 1.53. The number of carbonyl (C=O) groups is 1. The fraction of sp³-hybridized carbons (Fsp3) is 0.526. The van der Waals surface area contributed by atoms with Gasteiger partial charge in [0.1, 0.15) is 12.4 Å². The van der Waals surface area contributed by atoms with E-state index in [1.54, 1.807) is 0 Å². The Morgan fingerprint density at radius 1 is 1.11 bits per heavy atom. The maximum Gasteiger partial charge on any atom is 0.249 e. The Morgan fingerprint density at radius 3 is 2.52 bits per heavy atom. The maximum absolute atomic E-state index is 12.4. The van der Waals surface area contributed by atoms with E-state index in [-0.39, 0.29) is 18.6 Å². The van der Waals surface area contributed by atoms with Gasteiger partial charge in [-0.25, -0.2) is 19.9 Å². The minimum atomic E-state index is -0.137. The molecule has 0 aromatic carbocycles. The van der Waals surface area contributed by atoms with Crippen molar-refractivity contribution in [2.24, 2.45) is 0 Å². The number of piperidine rings is 1. The number of aryl methyl sites for hydroxylation is 3. The molecule has 3 heterocycles. The summed E-state index contributed by atoms with van der Waals surface area (Å²) in [6.45, 7) is 6.55. The minimum Gasteiger partial charge on any atom is -0.375 e. The van der Waals surface area contributed by atoms with E-state index in [4.69, 9.17) is 4.74 Å². The third-order valence-corrected chi connectivity index (χ3v) is 4.48. The molecular formula is C19H26N6O2. The molecule has 1 amide bonds. The highest BCUT2D eigenvalue weighted by Crippen LogP contribution is 2.30. The first-order chi connectivity index (χ1) is 13.0. The van der Waals surface area contributed by atoms with Crippen LogP contribution >= 0.6 is 0 Å². The highest BCUT2D eigenvalue weighted by molar-refractivity contribution is 5.78. The van der Waals surface area contributed by atoms with Gasteiger partial charge in [0.25, 0.3) is 0 Å². The first-order valence-corrected chi connectivity index (χ1v) is 9.19. The number of methoxy groups -OCH3 is 1. The summed E-state index contributed by atoms with van der Waals surface area (Å²) in [6, 6.07) is 3.64. The lowest BCUT2D eigenvalue weighted by molar-refractivity contribution is -0.139. The first kappa shape index (κ1) is 19.2. The largest absolute Gasteiger partial charge is 0.375 e. The minimum absolute atomic E-state index is 0.0283. The van der Waals surface area contributed by atoms with E-state index < -0.39 is 0 Å². The summed E-state index contributed by atoms with van der Waals surface area (Å²) in [6.07, 6.45) is 2.87.